The molecule has 4 heteroatoms. The highest BCUT2D eigenvalue weighted by molar-refractivity contribution is 6.09. The SMILES string of the molecule is COc1ccc(N2Cc3ncccc3C2=O)cc1. The van der Waals surface area contributed by atoms with Crippen LogP contribution in [0, 0.1) is 0 Å². The van der Waals surface area contributed by atoms with Crippen LogP contribution in [0.25, 0.3) is 0 Å². The Balaban J connectivity index is 1.93. The Morgan fingerprint density at radius 1 is 1.22 bits per heavy atom. The molecule has 0 saturated heterocycles. The lowest BCUT2D eigenvalue weighted by atomic mass is 10.2. The molecule has 0 fully saturated rings. The van der Waals surface area contributed by atoms with E-state index in [-0.39, 0.29) is 5.91 Å². The number of ether oxygens (including phenoxy) is 1. The van der Waals surface area contributed by atoms with E-state index < -0.39 is 0 Å². The fourth-order valence-corrected chi connectivity index (χ4v) is 2.10. The van der Waals surface area contributed by atoms with Crippen molar-refractivity contribution in [1.82, 2.24) is 4.98 Å². The minimum atomic E-state index is 0.00302. The molecule has 1 amide bonds. The summed E-state index contributed by atoms with van der Waals surface area (Å²) in [6, 6.07) is 11.0. The van der Waals surface area contributed by atoms with Crippen LogP contribution in [-0.4, -0.2) is 18.0 Å². The summed E-state index contributed by atoms with van der Waals surface area (Å²) in [6.07, 6.45) is 1.71. The number of carbonyl (C=O) groups is 1. The Kier molecular flexibility index (Phi) is 2.48. The average Bonchev–Trinajstić information content (AvgIpc) is 2.77. The van der Waals surface area contributed by atoms with Gasteiger partial charge in [-0.15, -0.1) is 0 Å². The van der Waals surface area contributed by atoms with E-state index in [1.54, 1.807) is 24.3 Å². The molecule has 90 valence electrons. The Hall–Kier alpha value is -2.36. The Bertz CT molecular complexity index is 593. The van der Waals surface area contributed by atoms with Crippen LogP contribution in [-0.2, 0) is 6.54 Å². The largest absolute Gasteiger partial charge is 0.497 e. The number of fused-ring (bicyclic) bond motifs is 1. The van der Waals surface area contributed by atoms with Crippen molar-refractivity contribution in [2.45, 2.75) is 6.54 Å². The highest BCUT2D eigenvalue weighted by atomic mass is 16.5. The summed E-state index contributed by atoms with van der Waals surface area (Å²) in [5.41, 5.74) is 2.38. The van der Waals surface area contributed by atoms with Gasteiger partial charge in [-0.05, 0) is 36.4 Å². The number of methoxy groups -OCH3 is 1. The molecule has 0 spiro atoms. The summed E-state index contributed by atoms with van der Waals surface area (Å²) in [5.74, 6) is 0.782. The third-order valence-corrected chi connectivity index (χ3v) is 3.06. The van der Waals surface area contributed by atoms with Gasteiger partial charge in [-0.2, -0.15) is 0 Å². The van der Waals surface area contributed by atoms with Gasteiger partial charge in [0.2, 0.25) is 0 Å². The van der Waals surface area contributed by atoms with Crippen molar-refractivity contribution >= 4 is 11.6 Å². The van der Waals surface area contributed by atoms with Crippen LogP contribution in [0.15, 0.2) is 42.6 Å². The van der Waals surface area contributed by atoms with Gasteiger partial charge >= 0.3 is 0 Å². The molecule has 0 saturated carbocycles. The third kappa shape index (κ3) is 1.62. The maximum Gasteiger partial charge on any atom is 0.260 e. The summed E-state index contributed by atoms with van der Waals surface area (Å²) in [6.45, 7) is 0.529. The topological polar surface area (TPSA) is 42.4 Å². The number of amides is 1. The van der Waals surface area contributed by atoms with E-state index in [0.717, 1.165) is 17.1 Å². The second-order valence-electron chi connectivity index (χ2n) is 4.09. The van der Waals surface area contributed by atoms with E-state index in [0.29, 0.717) is 12.1 Å². The van der Waals surface area contributed by atoms with Crippen LogP contribution in [0.4, 0.5) is 5.69 Å². The van der Waals surface area contributed by atoms with Crippen molar-refractivity contribution < 1.29 is 9.53 Å². The first-order valence-corrected chi connectivity index (χ1v) is 5.69. The molecule has 2 heterocycles. The predicted molar refractivity (Wildman–Crippen MR) is 67.7 cm³/mol. The molecule has 0 atom stereocenters. The predicted octanol–water partition coefficient (Wildman–Crippen LogP) is 2.25. The first kappa shape index (κ1) is 10.8. The lowest BCUT2D eigenvalue weighted by Gasteiger charge is -2.15. The quantitative estimate of drug-likeness (QED) is 0.808. The van der Waals surface area contributed by atoms with Crippen molar-refractivity contribution in [2.75, 3.05) is 12.0 Å². The maximum atomic E-state index is 12.2. The lowest BCUT2D eigenvalue weighted by Crippen LogP contribution is -2.22. The van der Waals surface area contributed by atoms with Crippen molar-refractivity contribution in [3.05, 3.63) is 53.9 Å². The second kappa shape index (κ2) is 4.14. The zero-order valence-electron chi connectivity index (χ0n) is 9.96. The van der Waals surface area contributed by atoms with Crippen molar-refractivity contribution in [2.24, 2.45) is 0 Å². The first-order valence-electron chi connectivity index (χ1n) is 5.69. The summed E-state index contributed by atoms with van der Waals surface area (Å²) in [5, 5.41) is 0. The van der Waals surface area contributed by atoms with Gasteiger partial charge < -0.3 is 9.64 Å². The summed E-state index contributed by atoms with van der Waals surface area (Å²) >= 11 is 0. The van der Waals surface area contributed by atoms with E-state index in [1.807, 2.05) is 30.3 Å². The molecule has 18 heavy (non-hydrogen) atoms. The molecule has 1 aromatic heterocycles. The van der Waals surface area contributed by atoms with E-state index in [1.165, 1.54) is 0 Å². The summed E-state index contributed by atoms with van der Waals surface area (Å²) in [4.78, 5) is 18.2. The van der Waals surface area contributed by atoms with Crippen LogP contribution in [0.5, 0.6) is 5.75 Å². The van der Waals surface area contributed by atoms with Crippen LogP contribution in [0.3, 0.4) is 0 Å². The number of rotatable bonds is 2. The Labute approximate surface area is 105 Å². The summed E-state index contributed by atoms with van der Waals surface area (Å²) in [7, 11) is 1.62. The van der Waals surface area contributed by atoms with E-state index in [9.17, 15) is 4.79 Å². The molecule has 0 radical (unpaired) electrons. The molecular weight excluding hydrogens is 228 g/mol. The molecular formula is C14H12N2O2. The zero-order chi connectivity index (χ0) is 12.5. The van der Waals surface area contributed by atoms with Crippen LogP contribution in [0.1, 0.15) is 16.1 Å². The fourth-order valence-electron chi connectivity index (χ4n) is 2.10. The van der Waals surface area contributed by atoms with Gasteiger partial charge in [-0.1, -0.05) is 0 Å². The molecule has 2 aromatic rings. The Morgan fingerprint density at radius 3 is 2.67 bits per heavy atom. The number of carbonyl (C=O) groups excluding carboxylic acids is 1. The molecule has 0 unspecified atom stereocenters. The highest BCUT2D eigenvalue weighted by Gasteiger charge is 2.28. The molecule has 0 aliphatic carbocycles. The normalized spacial score (nSPS) is 13.6. The van der Waals surface area contributed by atoms with Crippen molar-refractivity contribution in [3.8, 4) is 5.75 Å². The number of nitrogens with zero attached hydrogens (tertiary/aromatic N) is 2. The van der Waals surface area contributed by atoms with E-state index in [4.69, 9.17) is 4.74 Å². The van der Waals surface area contributed by atoms with Gasteiger partial charge in [0.05, 0.1) is 24.9 Å². The molecule has 3 rings (SSSR count). The smallest absolute Gasteiger partial charge is 0.260 e. The number of benzene rings is 1. The monoisotopic (exact) mass is 240 g/mol. The number of hydrogen-bond acceptors (Lipinski definition) is 3. The molecule has 1 aromatic carbocycles. The minimum Gasteiger partial charge on any atom is -0.497 e. The number of hydrogen-bond donors (Lipinski definition) is 0. The minimum absolute atomic E-state index is 0.00302. The highest BCUT2D eigenvalue weighted by Crippen LogP contribution is 2.27. The lowest BCUT2D eigenvalue weighted by molar-refractivity contribution is 0.0996. The fraction of sp³-hybridized carbons (Fsp3) is 0.143. The third-order valence-electron chi connectivity index (χ3n) is 3.06. The number of pyridine rings is 1. The number of anilines is 1. The van der Waals surface area contributed by atoms with Gasteiger partial charge in [0, 0.05) is 11.9 Å². The molecule has 0 N–H and O–H groups in total. The average molecular weight is 240 g/mol. The van der Waals surface area contributed by atoms with Crippen LogP contribution >= 0.6 is 0 Å². The second-order valence-corrected chi connectivity index (χ2v) is 4.09. The van der Waals surface area contributed by atoms with Crippen molar-refractivity contribution in [3.63, 3.8) is 0 Å². The molecule has 0 bridgehead atoms. The number of aromatic nitrogens is 1. The van der Waals surface area contributed by atoms with Crippen molar-refractivity contribution in [1.29, 1.82) is 0 Å². The van der Waals surface area contributed by atoms with Gasteiger partial charge in [0.25, 0.3) is 5.91 Å². The van der Waals surface area contributed by atoms with Gasteiger partial charge in [0.1, 0.15) is 5.75 Å². The molecule has 1 aliphatic rings. The maximum absolute atomic E-state index is 12.2. The van der Waals surface area contributed by atoms with E-state index >= 15 is 0 Å². The van der Waals surface area contributed by atoms with Gasteiger partial charge in [-0.25, -0.2) is 0 Å². The first-order chi connectivity index (χ1) is 8.79. The standard InChI is InChI=1S/C14H12N2O2/c1-18-11-6-4-10(5-7-11)16-9-13-12(14(16)17)3-2-8-15-13/h2-8H,9H2,1H3. The van der Waals surface area contributed by atoms with Crippen LogP contribution in [0.2, 0.25) is 0 Å². The van der Waals surface area contributed by atoms with Gasteiger partial charge in [0.15, 0.2) is 0 Å². The van der Waals surface area contributed by atoms with E-state index in [2.05, 4.69) is 4.98 Å². The molecule has 4 nitrogen and oxygen atoms in total. The summed E-state index contributed by atoms with van der Waals surface area (Å²) < 4.78 is 5.10. The Morgan fingerprint density at radius 2 is 2.00 bits per heavy atom. The molecule has 1 aliphatic heterocycles. The zero-order valence-corrected chi connectivity index (χ0v) is 9.96. The van der Waals surface area contributed by atoms with Crippen LogP contribution < -0.4 is 9.64 Å². The van der Waals surface area contributed by atoms with Gasteiger partial charge in [-0.3, -0.25) is 9.78 Å².